The number of hydrogen-bond donors (Lipinski definition) is 1. The monoisotopic (exact) mass is 522 g/mol. The van der Waals surface area contributed by atoms with Crippen molar-refractivity contribution in [1.29, 1.82) is 0 Å². The number of aromatic nitrogens is 3. The number of para-hydroxylation sites is 1. The number of fused-ring (bicyclic) bond motifs is 2. The van der Waals surface area contributed by atoms with E-state index in [2.05, 4.69) is 33.9 Å². The van der Waals surface area contributed by atoms with Crippen molar-refractivity contribution in [2.75, 3.05) is 25.6 Å². The van der Waals surface area contributed by atoms with Gasteiger partial charge in [0, 0.05) is 29.1 Å². The Morgan fingerprint density at radius 1 is 1.08 bits per heavy atom. The molecule has 2 aromatic heterocycles. The molecule has 8 heteroatoms. The summed E-state index contributed by atoms with van der Waals surface area (Å²) in [6.45, 7) is 3.76. The Morgan fingerprint density at radius 3 is 2.82 bits per heavy atom. The number of esters is 1. The van der Waals surface area contributed by atoms with E-state index in [1.54, 1.807) is 13.1 Å². The second kappa shape index (κ2) is 10.7. The number of hydrogen-bond acceptors (Lipinski definition) is 7. The number of benzene rings is 3. The zero-order valence-electron chi connectivity index (χ0n) is 21.8. The summed E-state index contributed by atoms with van der Waals surface area (Å²) in [6.07, 6.45) is 2.81. The summed E-state index contributed by atoms with van der Waals surface area (Å²) in [4.78, 5) is 16.4. The molecule has 0 amide bonds. The Balaban J connectivity index is 1.39. The first kappa shape index (κ1) is 24.9. The fourth-order valence-electron chi connectivity index (χ4n) is 5.26. The number of anilines is 1. The lowest BCUT2D eigenvalue weighted by atomic mass is 9.97. The van der Waals surface area contributed by atoms with E-state index in [0.717, 1.165) is 57.1 Å². The fourth-order valence-corrected chi connectivity index (χ4v) is 5.26. The van der Waals surface area contributed by atoms with Crippen LogP contribution in [0.25, 0.3) is 32.8 Å². The number of ether oxygens (including phenoxy) is 3. The average molecular weight is 523 g/mol. The summed E-state index contributed by atoms with van der Waals surface area (Å²) in [5, 5.41) is 8.00. The molecule has 0 aliphatic carbocycles. The van der Waals surface area contributed by atoms with Gasteiger partial charge in [-0.2, -0.15) is 5.10 Å². The third-order valence-corrected chi connectivity index (χ3v) is 7.16. The molecule has 0 saturated carbocycles. The van der Waals surface area contributed by atoms with Crippen molar-refractivity contribution in [3.63, 3.8) is 0 Å². The lowest BCUT2D eigenvalue weighted by Gasteiger charge is -2.11. The van der Waals surface area contributed by atoms with Gasteiger partial charge < -0.3 is 19.9 Å². The smallest absolute Gasteiger partial charge is 0.310 e. The van der Waals surface area contributed by atoms with E-state index >= 15 is 0 Å². The molecule has 1 saturated heterocycles. The van der Waals surface area contributed by atoms with Crippen LogP contribution < -0.4 is 10.5 Å². The predicted octanol–water partition coefficient (Wildman–Crippen LogP) is 5.48. The number of carbonyl (C=O) groups is 1. The largest absolute Gasteiger partial charge is 0.487 e. The Hall–Kier alpha value is -4.43. The summed E-state index contributed by atoms with van der Waals surface area (Å²) in [6, 6.07) is 22.2. The first-order valence-corrected chi connectivity index (χ1v) is 13.2. The topological polar surface area (TPSA) is 101 Å². The number of nitrogens with two attached hydrogens (primary N) is 1. The van der Waals surface area contributed by atoms with Gasteiger partial charge in [-0.3, -0.25) is 9.48 Å². The van der Waals surface area contributed by atoms with E-state index < -0.39 is 0 Å². The highest BCUT2D eigenvalue weighted by Crippen LogP contribution is 2.35. The Bertz CT molecular complexity index is 1660. The molecule has 3 heterocycles. The highest BCUT2D eigenvalue weighted by atomic mass is 16.5. The van der Waals surface area contributed by atoms with Gasteiger partial charge in [-0.05, 0) is 54.1 Å². The van der Waals surface area contributed by atoms with Gasteiger partial charge in [-0.15, -0.1) is 0 Å². The van der Waals surface area contributed by atoms with E-state index in [4.69, 9.17) is 25.0 Å². The van der Waals surface area contributed by atoms with Gasteiger partial charge in [0.25, 0.3) is 0 Å². The minimum atomic E-state index is -0.278. The van der Waals surface area contributed by atoms with Crippen LogP contribution in [-0.4, -0.2) is 40.6 Å². The van der Waals surface area contributed by atoms with Crippen molar-refractivity contribution in [2.24, 2.45) is 0 Å². The van der Waals surface area contributed by atoms with Crippen molar-refractivity contribution in [2.45, 2.75) is 32.4 Å². The predicted molar refractivity (Wildman–Crippen MR) is 150 cm³/mol. The van der Waals surface area contributed by atoms with Gasteiger partial charge >= 0.3 is 5.97 Å². The molecular formula is C31H30N4O4. The third kappa shape index (κ3) is 4.91. The lowest BCUT2D eigenvalue weighted by molar-refractivity contribution is -0.142. The lowest BCUT2D eigenvalue weighted by Crippen LogP contribution is -2.11. The molecule has 1 atom stereocenters. The van der Waals surface area contributed by atoms with Crippen LogP contribution in [0.15, 0.2) is 72.9 Å². The molecule has 6 rings (SSSR count). The van der Waals surface area contributed by atoms with Gasteiger partial charge in [-0.1, -0.05) is 42.5 Å². The highest BCUT2D eigenvalue weighted by molar-refractivity contribution is 6.02. The van der Waals surface area contributed by atoms with Crippen LogP contribution in [0.5, 0.6) is 5.75 Å². The zero-order chi connectivity index (χ0) is 26.8. The molecule has 0 bridgehead atoms. The van der Waals surface area contributed by atoms with Crippen molar-refractivity contribution in [3.8, 4) is 16.9 Å². The second-order valence-corrected chi connectivity index (χ2v) is 9.62. The standard InChI is InChI=1S/C31H30N4O4/c1-2-38-30(36)17-21-6-3-4-9-29(21)39-19-27-26-16-20(10-11-28(26)35(34-27)22-13-15-37-18-22)23-7-5-8-25-24(23)12-14-33-31(25)32/h3-12,14,16,22H,2,13,15,17-19H2,1H3,(H2,32,33)/t22-/m0/s1. The van der Waals surface area contributed by atoms with Crippen molar-refractivity contribution < 1.29 is 19.0 Å². The van der Waals surface area contributed by atoms with E-state index in [0.29, 0.717) is 24.8 Å². The number of carbonyl (C=O) groups excluding carboxylic acids is 1. The summed E-state index contributed by atoms with van der Waals surface area (Å²) < 4.78 is 19.2. The normalized spacial score (nSPS) is 15.2. The number of pyridine rings is 1. The van der Waals surface area contributed by atoms with Crippen molar-refractivity contribution in [3.05, 3.63) is 84.2 Å². The van der Waals surface area contributed by atoms with Gasteiger partial charge in [0.15, 0.2) is 0 Å². The maximum absolute atomic E-state index is 12.1. The maximum atomic E-state index is 12.1. The van der Waals surface area contributed by atoms with Gasteiger partial charge in [0.1, 0.15) is 23.9 Å². The van der Waals surface area contributed by atoms with Crippen LogP contribution in [0.1, 0.15) is 30.6 Å². The van der Waals surface area contributed by atoms with Crippen LogP contribution in [0.3, 0.4) is 0 Å². The molecule has 5 aromatic rings. The molecule has 1 fully saturated rings. The molecule has 0 spiro atoms. The van der Waals surface area contributed by atoms with Crippen LogP contribution >= 0.6 is 0 Å². The number of nitrogens with zero attached hydrogens (tertiary/aromatic N) is 3. The Labute approximate surface area is 226 Å². The highest BCUT2D eigenvalue weighted by Gasteiger charge is 2.23. The minimum absolute atomic E-state index is 0.155. The quantitative estimate of drug-likeness (QED) is 0.269. The SMILES string of the molecule is CCOC(=O)Cc1ccccc1OCc1nn([C@H]2CCOC2)c2ccc(-c3cccc4c(N)nccc34)cc12. The molecule has 3 aromatic carbocycles. The van der Waals surface area contributed by atoms with Crippen molar-refractivity contribution in [1.82, 2.24) is 14.8 Å². The van der Waals surface area contributed by atoms with E-state index in [1.807, 2.05) is 42.5 Å². The average Bonchev–Trinajstić information content (AvgIpc) is 3.61. The summed E-state index contributed by atoms with van der Waals surface area (Å²) >= 11 is 0. The first-order valence-electron chi connectivity index (χ1n) is 13.2. The van der Waals surface area contributed by atoms with Crippen molar-refractivity contribution >= 4 is 33.5 Å². The second-order valence-electron chi connectivity index (χ2n) is 9.62. The van der Waals surface area contributed by atoms with Gasteiger partial charge in [0.2, 0.25) is 0 Å². The first-order chi connectivity index (χ1) is 19.1. The minimum Gasteiger partial charge on any atom is -0.487 e. The van der Waals surface area contributed by atoms with Crippen LogP contribution in [0, 0.1) is 0 Å². The molecule has 0 radical (unpaired) electrons. The third-order valence-electron chi connectivity index (χ3n) is 7.16. The van der Waals surface area contributed by atoms with Crippen LogP contribution in [0.2, 0.25) is 0 Å². The molecule has 1 aliphatic rings. The summed E-state index contributed by atoms with van der Waals surface area (Å²) in [5.74, 6) is 0.880. The number of nitrogen functional groups attached to an aromatic ring is 1. The molecule has 0 unspecified atom stereocenters. The van der Waals surface area contributed by atoms with Gasteiger partial charge in [0.05, 0.1) is 31.2 Å². The van der Waals surface area contributed by atoms with E-state index in [9.17, 15) is 4.79 Å². The van der Waals surface area contributed by atoms with E-state index in [-0.39, 0.29) is 25.0 Å². The van der Waals surface area contributed by atoms with Gasteiger partial charge in [-0.25, -0.2) is 4.98 Å². The molecule has 198 valence electrons. The van der Waals surface area contributed by atoms with Crippen LogP contribution in [-0.2, 0) is 27.3 Å². The Morgan fingerprint density at radius 2 is 1.97 bits per heavy atom. The van der Waals surface area contributed by atoms with E-state index in [1.165, 1.54) is 0 Å². The molecule has 2 N–H and O–H groups in total. The molecular weight excluding hydrogens is 492 g/mol. The Kier molecular flexibility index (Phi) is 6.85. The molecule has 8 nitrogen and oxygen atoms in total. The zero-order valence-corrected chi connectivity index (χ0v) is 21.8. The summed E-state index contributed by atoms with van der Waals surface area (Å²) in [7, 11) is 0. The summed E-state index contributed by atoms with van der Waals surface area (Å²) in [5.41, 5.74) is 10.9. The molecule has 39 heavy (non-hydrogen) atoms. The number of rotatable bonds is 8. The fraction of sp³-hybridized carbons (Fsp3) is 0.258. The van der Waals surface area contributed by atoms with Crippen LogP contribution in [0.4, 0.5) is 5.82 Å². The maximum Gasteiger partial charge on any atom is 0.310 e. The molecule has 1 aliphatic heterocycles.